The average molecular weight is 291 g/mol. The first-order chi connectivity index (χ1) is 10.1. The van der Waals surface area contributed by atoms with E-state index in [0.29, 0.717) is 18.6 Å². The number of aryl methyl sites for hydroxylation is 1. The molecule has 0 saturated heterocycles. The van der Waals surface area contributed by atoms with Crippen LogP contribution in [0.25, 0.3) is 0 Å². The second-order valence-electron chi connectivity index (χ2n) is 5.14. The summed E-state index contributed by atoms with van der Waals surface area (Å²) >= 11 is 0. The van der Waals surface area contributed by atoms with Gasteiger partial charge >= 0.3 is 5.97 Å². The second kappa shape index (κ2) is 7.11. The Morgan fingerprint density at radius 1 is 1.38 bits per heavy atom. The number of hydrogen-bond donors (Lipinski definition) is 1. The number of nitrogens with one attached hydrogen (secondary N) is 1. The summed E-state index contributed by atoms with van der Waals surface area (Å²) in [7, 11) is 1.36. The molecule has 0 aliphatic carbocycles. The fraction of sp³-hybridized carbons (Fsp3) is 0.500. The molecule has 0 spiro atoms. The molecule has 1 aliphatic heterocycles. The van der Waals surface area contributed by atoms with Gasteiger partial charge < -0.3 is 14.8 Å². The van der Waals surface area contributed by atoms with Gasteiger partial charge in [0.15, 0.2) is 6.10 Å². The van der Waals surface area contributed by atoms with Crippen molar-refractivity contribution in [2.24, 2.45) is 0 Å². The minimum atomic E-state index is -0.604. The lowest BCUT2D eigenvalue weighted by molar-refractivity contribution is -0.149. The Kier molecular flexibility index (Phi) is 5.20. The summed E-state index contributed by atoms with van der Waals surface area (Å²) in [5.41, 5.74) is 1.85. The third-order valence-electron chi connectivity index (χ3n) is 3.54. The first-order valence-corrected chi connectivity index (χ1v) is 7.31. The van der Waals surface area contributed by atoms with Crippen molar-refractivity contribution in [1.82, 2.24) is 0 Å². The van der Waals surface area contributed by atoms with Crippen molar-refractivity contribution in [2.45, 2.75) is 45.1 Å². The molecule has 0 fully saturated rings. The zero-order valence-corrected chi connectivity index (χ0v) is 12.5. The molecular formula is C16H21NO4. The molecule has 5 nitrogen and oxygen atoms in total. The van der Waals surface area contributed by atoms with Crippen LogP contribution in [0.4, 0.5) is 5.69 Å². The van der Waals surface area contributed by atoms with Gasteiger partial charge in [-0.1, -0.05) is 19.4 Å². The number of carbonyl (C=O) groups is 2. The zero-order valence-electron chi connectivity index (χ0n) is 12.5. The molecular weight excluding hydrogens is 270 g/mol. The SMILES string of the molecule is CCCCC(Oc1ccc2c(c1)NC(=O)CC2)C(=O)OC. The average Bonchev–Trinajstić information content (AvgIpc) is 2.50. The van der Waals surface area contributed by atoms with Gasteiger partial charge in [0.2, 0.25) is 5.91 Å². The van der Waals surface area contributed by atoms with Crippen LogP contribution >= 0.6 is 0 Å². The standard InChI is InChI=1S/C16H21NO4/c1-3-4-5-14(16(19)20-2)21-12-8-6-11-7-9-15(18)17-13(11)10-12/h6,8,10,14H,3-5,7,9H2,1-2H3,(H,17,18). The molecule has 2 rings (SSSR count). The van der Waals surface area contributed by atoms with E-state index >= 15 is 0 Å². The van der Waals surface area contributed by atoms with Crippen LogP contribution in [-0.2, 0) is 20.7 Å². The number of esters is 1. The summed E-state index contributed by atoms with van der Waals surface area (Å²) in [5, 5.41) is 2.82. The van der Waals surface area contributed by atoms with E-state index in [1.807, 2.05) is 12.1 Å². The van der Waals surface area contributed by atoms with Crippen molar-refractivity contribution in [3.05, 3.63) is 23.8 Å². The van der Waals surface area contributed by atoms with Crippen LogP contribution in [-0.4, -0.2) is 25.1 Å². The molecule has 0 aromatic heterocycles. The van der Waals surface area contributed by atoms with Crippen LogP contribution in [0, 0.1) is 0 Å². The Labute approximate surface area is 124 Å². The van der Waals surface area contributed by atoms with Crippen LogP contribution in [0.3, 0.4) is 0 Å². The van der Waals surface area contributed by atoms with Crippen LogP contribution < -0.4 is 10.1 Å². The highest BCUT2D eigenvalue weighted by atomic mass is 16.6. The van der Waals surface area contributed by atoms with E-state index < -0.39 is 6.10 Å². The molecule has 21 heavy (non-hydrogen) atoms. The molecule has 1 heterocycles. The van der Waals surface area contributed by atoms with Gasteiger partial charge in [0.1, 0.15) is 5.75 Å². The summed E-state index contributed by atoms with van der Waals surface area (Å²) in [6.07, 6.45) is 3.13. The molecule has 0 radical (unpaired) electrons. The first kappa shape index (κ1) is 15.4. The second-order valence-corrected chi connectivity index (χ2v) is 5.14. The molecule has 1 amide bonds. The number of anilines is 1. The molecule has 1 aliphatic rings. The van der Waals surface area contributed by atoms with Crippen molar-refractivity contribution in [2.75, 3.05) is 12.4 Å². The van der Waals surface area contributed by atoms with E-state index in [0.717, 1.165) is 30.5 Å². The van der Waals surface area contributed by atoms with E-state index in [1.165, 1.54) is 7.11 Å². The zero-order chi connectivity index (χ0) is 15.2. The van der Waals surface area contributed by atoms with Crippen molar-refractivity contribution in [1.29, 1.82) is 0 Å². The highest BCUT2D eigenvalue weighted by molar-refractivity contribution is 5.94. The van der Waals surface area contributed by atoms with E-state index in [-0.39, 0.29) is 11.9 Å². The van der Waals surface area contributed by atoms with E-state index in [9.17, 15) is 9.59 Å². The Hall–Kier alpha value is -2.04. The molecule has 1 N–H and O–H groups in total. The first-order valence-electron chi connectivity index (χ1n) is 7.31. The number of methoxy groups -OCH3 is 1. The third kappa shape index (κ3) is 3.97. The quantitative estimate of drug-likeness (QED) is 0.818. The topological polar surface area (TPSA) is 64.6 Å². The summed E-state index contributed by atoms with van der Waals surface area (Å²) in [6.45, 7) is 2.06. The molecule has 1 aromatic carbocycles. The number of benzene rings is 1. The van der Waals surface area contributed by atoms with E-state index in [4.69, 9.17) is 9.47 Å². The Morgan fingerprint density at radius 2 is 2.19 bits per heavy atom. The van der Waals surface area contributed by atoms with Gasteiger partial charge in [-0.05, 0) is 30.9 Å². The maximum Gasteiger partial charge on any atom is 0.347 e. The molecule has 1 unspecified atom stereocenters. The van der Waals surface area contributed by atoms with Crippen LogP contribution in [0.15, 0.2) is 18.2 Å². The lowest BCUT2D eigenvalue weighted by Crippen LogP contribution is -2.28. The highest BCUT2D eigenvalue weighted by Crippen LogP contribution is 2.28. The highest BCUT2D eigenvalue weighted by Gasteiger charge is 2.22. The number of carbonyl (C=O) groups excluding carboxylic acids is 2. The maximum absolute atomic E-state index is 11.7. The van der Waals surface area contributed by atoms with Gasteiger partial charge in [-0.25, -0.2) is 4.79 Å². The Balaban J connectivity index is 2.11. The fourth-order valence-corrected chi connectivity index (χ4v) is 2.33. The molecule has 0 bridgehead atoms. The number of amides is 1. The minimum absolute atomic E-state index is 0.00940. The molecule has 1 aromatic rings. The molecule has 114 valence electrons. The van der Waals surface area contributed by atoms with E-state index in [2.05, 4.69) is 12.2 Å². The van der Waals surface area contributed by atoms with Crippen LogP contribution in [0.5, 0.6) is 5.75 Å². The number of fused-ring (bicyclic) bond motifs is 1. The summed E-state index contributed by atoms with van der Waals surface area (Å²) < 4.78 is 10.5. The molecule has 0 saturated carbocycles. The van der Waals surface area contributed by atoms with Gasteiger partial charge in [0, 0.05) is 18.2 Å². The third-order valence-corrected chi connectivity index (χ3v) is 3.54. The maximum atomic E-state index is 11.7. The summed E-state index contributed by atoms with van der Waals surface area (Å²) in [6, 6.07) is 5.53. The molecule has 1 atom stereocenters. The molecule has 5 heteroatoms. The predicted octanol–water partition coefficient (Wildman–Crippen LogP) is 2.68. The van der Waals surface area contributed by atoms with Crippen molar-refractivity contribution in [3.63, 3.8) is 0 Å². The fourth-order valence-electron chi connectivity index (χ4n) is 2.33. The number of ether oxygens (including phenoxy) is 2. The van der Waals surface area contributed by atoms with Crippen molar-refractivity contribution >= 4 is 17.6 Å². The lowest BCUT2D eigenvalue weighted by atomic mass is 10.0. The Bertz CT molecular complexity index is 527. The Morgan fingerprint density at radius 3 is 2.90 bits per heavy atom. The summed E-state index contributed by atoms with van der Waals surface area (Å²) in [5.74, 6) is 0.211. The van der Waals surface area contributed by atoms with Gasteiger partial charge in [0.25, 0.3) is 0 Å². The van der Waals surface area contributed by atoms with Crippen molar-refractivity contribution in [3.8, 4) is 5.75 Å². The van der Waals surface area contributed by atoms with Crippen molar-refractivity contribution < 1.29 is 19.1 Å². The largest absolute Gasteiger partial charge is 0.479 e. The lowest BCUT2D eigenvalue weighted by Gasteiger charge is -2.20. The number of unbranched alkanes of at least 4 members (excludes halogenated alkanes) is 1. The van der Waals surface area contributed by atoms with Gasteiger partial charge in [0.05, 0.1) is 7.11 Å². The summed E-state index contributed by atoms with van der Waals surface area (Å²) in [4.78, 5) is 23.2. The number of rotatable bonds is 6. The monoisotopic (exact) mass is 291 g/mol. The predicted molar refractivity (Wildman–Crippen MR) is 79.3 cm³/mol. The normalized spacial score (nSPS) is 14.9. The van der Waals surface area contributed by atoms with Gasteiger partial charge in [-0.2, -0.15) is 0 Å². The van der Waals surface area contributed by atoms with Crippen LogP contribution in [0.1, 0.15) is 38.2 Å². The minimum Gasteiger partial charge on any atom is -0.479 e. The smallest absolute Gasteiger partial charge is 0.347 e. The number of hydrogen-bond acceptors (Lipinski definition) is 4. The van der Waals surface area contributed by atoms with Gasteiger partial charge in [-0.15, -0.1) is 0 Å². The van der Waals surface area contributed by atoms with Gasteiger partial charge in [-0.3, -0.25) is 4.79 Å². The van der Waals surface area contributed by atoms with Crippen LogP contribution in [0.2, 0.25) is 0 Å². The van der Waals surface area contributed by atoms with E-state index in [1.54, 1.807) is 6.07 Å².